The van der Waals surface area contributed by atoms with E-state index < -0.39 is 26.0 Å². The van der Waals surface area contributed by atoms with Crippen molar-refractivity contribution in [1.29, 1.82) is 0 Å². The van der Waals surface area contributed by atoms with Crippen molar-refractivity contribution in [3.05, 3.63) is 57.4 Å². The van der Waals surface area contributed by atoms with Crippen molar-refractivity contribution in [3.63, 3.8) is 0 Å². The van der Waals surface area contributed by atoms with Gasteiger partial charge in [-0.2, -0.15) is 0 Å². The van der Waals surface area contributed by atoms with Gasteiger partial charge in [-0.25, -0.2) is 13.2 Å². The minimum Gasteiger partial charge on any atom is -0.313 e. The van der Waals surface area contributed by atoms with Gasteiger partial charge in [0.05, 0.1) is 4.90 Å². The van der Waals surface area contributed by atoms with Gasteiger partial charge in [0, 0.05) is 6.20 Å². The molecule has 0 aliphatic carbocycles. The van der Waals surface area contributed by atoms with E-state index in [1.807, 2.05) is 4.98 Å². The molecule has 0 atom stereocenters. The lowest BCUT2D eigenvalue weighted by atomic mass is 10.4. The summed E-state index contributed by atoms with van der Waals surface area (Å²) >= 11 is 0. The van der Waals surface area contributed by atoms with Crippen molar-refractivity contribution >= 4 is 9.84 Å². The molecule has 0 amide bonds. The molecule has 1 aromatic carbocycles. The molecule has 0 saturated heterocycles. The fourth-order valence-corrected chi connectivity index (χ4v) is 2.60. The molecular formula is C10H8N2O4S. The maximum atomic E-state index is 12.0. The molecule has 2 N–H and O–H groups in total. The molecule has 88 valence electrons. The number of aromatic amines is 2. The SMILES string of the molecule is O=c1[nH]cc(S(=O)(=O)c2ccccc2)c(=O)[nH]1. The fourth-order valence-electron chi connectivity index (χ4n) is 1.32. The Morgan fingerprint density at radius 2 is 1.65 bits per heavy atom. The van der Waals surface area contributed by atoms with Crippen LogP contribution in [-0.4, -0.2) is 18.4 Å². The molecule has 0 fully saturated rings. The van der Waals surface area contributed by atoms with E-state index in [-0.39, 0.29) is 4.90 Å². The van der Waals surface area contributed by atoms with Gasteiger partial charge in [0.15, 0.2) is 4.90 Å². The van der Waals surface area contributed by atoms with Crippen LogP contribution >= 0.6 is 0 Å². The summed E-state index contributed by atoms with van der Waals surface area (Å²) in [6.45, 7) is 0. The van der Waals surface area contributed by atoms with Crippen molar-refractivity contribution in [2.24, 2.45) is 0 Å². The molecule has 0 unspecified atom stereocenters. The highest BCUT2D eigenvalue weighted by Crippen LogP contribution is 2.15. The molecule has 1 aromatic heterocycles. The molecular weight excluding hydrogens is 244 g/mol. The van der Waals surface area contributed by atoms with E-state index in [4.69, 9.17) is 0 Å². The van der Waals surface area contributed by atoms with Gasteiger partial charge < -0.3 is 4.98 Å². The Morgan fingerprint density at radius 1 is 1.00 bits per heavy atom. The molecule has 0 saturated carbocycles. The Labute approximate surface area is 95.9 Å². The van der Waals surface area contributed by atoms with Crippen LogP contribution in [0.2, 0.25) is 0 Å². The number of hydrogen-bond acceptors (Lipinski definition) is 4. The highest BCUT2D eigenvalue weighted by molar-refractivity contribution is 7.91. The van der Waals surface area contributed by atoms with Crippen LogP contribution in [-0.2, 0) is 9.84 Å². The summed E-state index contributed by atoms with van der Waals surface area (Å²) < 4.78 is 24.0. The molecule has 7 heteroatoms. The van der Waals surface area contributed by atoms with Crippen molar-refractivity contribution in [2.75, 3.05) is 0 Å². The van der Waals surface area contributed by atoms with E-state index in [1.54, 1.807) is 18.2 Å². The Bertz CT molecular complexity index is 744. The molecule has 0 aliphatic heterocycles. The summed E-state index contributed by atoms with van der Waals surface area (Å²) in [6, 6.07) is 7.51. The van der Waals surface area contributed by atoms with Crippen LogP contribution < -0.4 is 11.2 Å². The zero-order valence-electron chi connectivity index (χ0n) is 8.51. The predicted molar refractivity (Wildman–Crippen MR) is 59.6 cm³/mol. The van der Waals surface area contributed by atoms with Gasteiger partial charge in [0.2, 0.25) is 9.84 Å². The number of nitrogens with one attached hydrogen (secondary N) is 2. The third-order valence-electron chi connectivity index (χ3n) is 2.13. The monoisotopic (exact) mass is 252 g/mol. The topological polar surface area (TPSA) is 99.9 Å². The van der Waals surface area contributed by atoms with Crippen LogP contribution in [0, 0.1) is 0 Å². The maximum Gasteiger partial charge on any atom is 0.325 e. The van der Waals surface area contributed by atoms with Gasteiger partial charge in [-0.1, -0.05) is 18.2 Å². The van der Waals surface area contributed by atoms with E-state index in [0.29, 0.717) is 0 Å². The Balaban J connectivity index is 2.69. The number of hydrogen-bond donors (Lipinski definition) is 2. The summed E-state index contributed by atoms with van der Waals surface area (Å²) in [5.41, 5.74) is -1.68. The first-order valence-electron chi connectivity index (χ1n) is 4.64. The second-order valence-corrected chi connectivity index (χ2v) is 5.17. The van der Waals surface area contributed by atoms with Crippen molar-refractivity contribution < 1.29 is 8.42 Å². The summed E-state index contributed by atoms with van der Waals surface area (Å²) in [7, 11) is -3.90. The number of rotatable bonds is 2. The zero-order chi connectivity index (χ0) is 12.5. The minimum atomic E-state index is -3.90. The highest BCUT2D eigenvalue weighted by atomic mass is 32.2. The quantitative estimate of drug-likeness (QED) is 0.779. The highest BCUT2D eigenvalue weighted by Gasteiger charge is 2.21. The molecule has 0 bridgehead atoms. The summed E-state index contributed by atoms with van der Waals surface area (Å²) in [5, 5.41) is 0. The van der Waals surface area contributed by atoms with Crippen LogP contribution in [0.25, 0.3) is 0 Å². The maximum absolute atomic E-state index is 12.0. The van der Waals surface area contributed by atoms with Crippen molar-refractivity contribution in [1.82, 2.24) is 9.97 Å². The normalized spacial score (nSPS) is 11.3. The lowest BCUT2D eigenvalue weighted by Gasteiger charge is -2.02. The van der Waals surface area contributed by atoms with E-state index in [2.05, 4.69) is 4.98 Å². The van der Waals surface area contributed by atoms with E-state index in [1.165, 1.54) is 12.1 Å². The zero-order valence-corrected chi connectivity index (χ0v) is 9.32. The fraction of sp³-hybridized carbons (Fsp3) is 0. The van der Waals surface area contributed by atoms with Gasteiger partial charge in [-0.05, 0) is 12.1 Å². The molecule has 1 heterocycles. The minimum absolute atomic E-state index is 0.00227. The summed E-state index contributed by atoms with van der Waals surface area (Å²) in [5.74, 6) is 0. The van der Waals surface area contributed by atoms with Gasteiger partial charge in [-0.3, -0.25) is 9.78 Å². The number of aromatic nitrogens is 2. The van der Waals surface area contributed by atoms with Gasteiger partial charge in [0.1, 0.15) is 0 Å². The molecule has 0 radical (unpaired) electrons. The Hall–Kier alpha value is -2.15. The van der Waals surface area contributed by atoms with Crippen LogP contribution in [0.5, 0.6) is 0 Å². The van der Waals surface area contributed by atoms with E-state index >= 15 is 0 Å². The summed E-state index contributed by atoms with van der Waals surface area (Å²) in [4.78, 5) is 25.7. The van der Waals surface area contributed by atoms with Crippen LogP contribution in [0.15, 0.2) is 55.9 Å². The van der Waals surface area contributed by atoms with Crippen LogP contribution in [0.3, 0.4) is 0 Å². The molecule has 2 rings (SSSR count). The van der Waals surface area contributed by atoms with E-state index in [9.17, 15) is 18.0 Å². The average Bonchev–Trinajstić information content (AvgIpc) is 2.29. The summed E-state index contributed by atoms with van der Waals surface area (Å²) in [6.07, 6.45) is 0.892. The second-order valence-electron chi connectivity index (χ2n) is 3.25. The first-order chi connectivity index (χ1) is 8.01. The largest absolute Gasteiger partial charge is 0.325 e. The first-order valence-corrected chi connectivity index (χ1v) is 6.12. The number of benzene rings is 1. The number of H-pyrrole nitrogens is 2. The molecule has 0 aliphatic rings. The van der Waals surface area contributed by atoms with Crippen LogP contribution in [0.4, 0.5) is 0 Å². The predicted octanol–water partition coefficient (Wildman–Crippen LogP) is -0.104. The Morgan fingerprint density at radius 3 is 2.24 bits per heavy atom. The lowest BCUT2D eigenvalue weighted by molar-refractivity contribution is 0.594. The molecule has 6 nitrogen and oxygen atoms in total. The third-order valence-corrected chi connectivity index (χ3v) is 3.90. The van der Waals surface area contributed by atoms with Crippen molar-refractivity contribution in [3.8, 4) is 0 Å². The second kappa shape index (κ2) is 4.02. The lowest BCUT2D eigenvalue weighted by Crippen LogP contribution is -2.26. The average molecular weight is 252 g/mol. The Kier molecular flexibility index (Phi) is 2.68. The molecule has 2 aromatic rings. The third kappa shape index (κ3) is 2.04. The van der Waals surface area contributed by atoms with Gasteiger partial charge in [-0.15, -0.1) is 0 Å². The van der Waals surface area contributed by atoms with Crippen LogP contribution in [0.1, 0.15) is 0 Å². The smallest absolute Gasteiger partial charge is 0.313 e. The molecule has 17 heavy (non-hydrogen) atoms. The first kappa shape index (κ1) is 11.3. The standard InChI is InChI=1S/C10H8N2O4S/c13-9-8(6-11-10(14)12-9)17(15,16)7-4-2-1-3-5-7/h1-6H,(H2,11,12,13,14). The van der Waals surface area contributed by atoms with Crippen molar-refractivity contribution in [2.45, 2.75) is 9.79 Å². The number of sulfone groups is 1. The van der Waals surface area contributed by atoms with E-state index in [0.717, 1.165) is 6.20 Å². The molecule has 0 spiro atoms. The van der Waals surface area contributed by atoms with Gasteiger partial charge >= 0.3 is 5.69 Å². The van der Waals surface area contributed by atoms with Gasteiger partial charge in [0.25, 0.3) is 5.56 Å².